The number of nitrogens with zero attached hydrogens (tertiary/aromatic N) is 4. The number of nitrogen functional groups attached to an aromatic ring is 2. The van der Waals surface area contributed by atoms with Crippen LogP contribution in [0.15, 0.2) is 48.9 Å². The topological polar surface area (TPSA) is 114 Å². The molecule has 1 saturated heterocycles. The molecule has 4 N–H and O–H groups in total. The van der Waals surface area contributed by atoms with E-state index in [0.29, 0.717) is 11.6 Å². The third-order valence-electron chi connectivity index (χ3n) is 7.60. The molecule has 1 aliphatic heterocycles. The lowest BCUT2D eigenvalue weighted by Gasteiger charge is -2.35. The summed E-state index contributed by atoms with van der Waals surface area (Å²) in [6.45, 7) is 6.29. The van der Waals surface area contributed by atoms with Crippen LogP contribution < -0.4 is 11.5 Å². The molecule has 4 aromatic rings. The smallest absolute Gasteiger partial charge is 0.176 e. The number of benzene rings is 1. The van der Waals surface area contributed by atoms with Crippen molar-refractivity contribution in [2.24, 2.45) is 5.41 Å². The third kappa shape index (κ3) is 3.16. The van der Waals surface area contributed by atoms with Gasteiger partial charge in [-0.15, -0.1) is 0 Å². The van der Waals surface area contributed by atoms with E-state index in [1.807, 2.05) is 38.2 Å². The van der Waals surface area contributed by atoms with Crippen molar-refractivity contribution in [3.63, 3.8) is 0 Å². The second-order valence-corrected chi connectivity index (χ2v) is 10.4. The lowest BCUT2D eigenvalue weighted by Crippen LogP contribution is -2.44. The summed E-state index contributed by atoms with van der Waals surface area (Å²) in [7, 11) is 0. The molecule has 176 valence electrons. The van der Waals surface area contributed by atoms with E-state index in [4.69, 9.17) is 20.9 Å². The van der Waals surface area contributed by atoms with Crippen molar-refractivity contribution in [3.05, 3.63) is 54.5 Å². The first-order chi connectivity index (χ1) is 16.2. The zero-order valence-electron chi connectivity index (χ0n) is 19.8. The van der Waals surface area contributed by atoms with Crippen molar-refractivity contribution in [3.8, 4) is 0 Å². The molecule has 2 fully saturated rings. The number of aromatic nitrogens is 4. The summed E-state index contributed by atoms with van der Waals surface area (Å²) < 4.78 is 15.4. The quantitative estimate of drug-likeness (QED) is 0.466. The van der Waals surface area contributed by atoms with Crippen molar-refractivity contribution in [2.45, 2.75) is 64.1 Å². The van der Waals surface area contributed by atoms with Crippen LogP contribution in [-0.4, -0.2) is 31.4 Å². The molecule has 0 unspecified atom stereocenters. The third-order valence-corrected chi connectivity index (χ3v) is 7.60. The van der Waals surface area contributed by atoms with Gasteiger partial charge in [-0.05, 0) is 74.8 Å². The molecule has 1 aliphatic carbocycles. The van der Waals surface area contributed by atoms with Crippen molar-refractivity contribution in [1.29, 1.82) is 0 Å². The highest BCUT2D eigenvalue weighted by Gasteiger charge is 2.65. The summed E-state index contributed by atoms with van der Waals surface area (Å²) in [5.74, 6) is 0.312. The molecule has 3 atom stereocenters. The minimum absolute atomic E-state index is 0.0823. The predicted octanol–water partition coefficient (Wildman–Crippen LogP) is 4.38. The number of hydrogen-bond acceptors (Lipinski definition) is 7. The fraction of sp³-hybridized carbons (Fsp3) is 0.423. The van der Waals surface area contributed by atoms with Crippen LogP contribution in [0.25, 0.3) is 21.9 Å². The summed E-state index contributed by atoms with van der Waals surface area (Å²) in [4.78, 5) is 13.2. The zero-order chi connectivity index (χ0) is 23.7. The maximum absolute atomic E-state index is 6.69. The lowest BCUT2D eigenvalue weighted by atomic mass is 9.79. The number of rotatable bonds is 4. The van der Waals surface area contributed by atoms with E-state index >= 15 is 0 Å². The van der Waals surface area contributed by atoms with Crippen molar-refractivity contribution < 1.29 is 9.47 Å². The molecule has 0 spiro atoms. The van der Waals surface area contributed by atoms with Crippen LogP contribution in [0, 0.1) is 5.41 Å². The molecule has 4 heterocycles. The molecule has 34 heavy (non-hydrogen) atoms. The monoisotopic (exact) mass is 458 g/mol. The molecule has 1 aromatic carbocycles. The van der Waals surface area contributed by atoms with Gasteiger partial charge in [0, 0.05) is 11.6 Å². The Kier molecular flexibility index (Phi) is 4.47. The number of hydrogen-bond donors (Lipinski definition) is 2. The van der Waals surface area contributed by atoms with E-state index in [0.717, 1.165) is 47.6 Å². The van der Waals surface area contributed by atoms with Crippen molar-refractivity contribution in [2.75, 3.05) is 11.5 Å². The molecular weight excluding hydrogens is 428 g/mol. The molecule has 0 radical (unpaired) electrons. The van der Waals surface area contributed by atoms with Crippen LogP contribution in [-0.2, 0) is 21.6 Å². The van der Waals surface area contributed by atoms with Crippen LogP contribution in [0.3, 0.4) is 0 Å². The highest BCUT2D eigenvalue weighted by molar-refractivity contribution is 5.86. The minimum atomic E-state index is -0.702. The van der Waals surface area contributed by atoms with Crippen molar-refractivity contribution >= 4 is 33.6 Å². The van der Waals surface area contributed by atoms with E-state index in [9.17, 15) is 0 Å². The number of fused-ring (bicyclic) bond motifs is 3. The molecule has 8 nitrogen and oxygen atoms in total. The average molecular weight is 459 g/mol. The summed E-state index contributed by atoms with van der Waals surface area (Å²) in [5.41, 5.74) is 14.3. The van der Waals surface area contributed by atoms with Crippen LogP contribution in [0.2, 0.25) is 0 Å². The van der Waals surface area contributed by atoms with E-state index in [1.54, 1.807) is 0 Å². The molecule has 0 amide bonds. The largest absolute Gasteiger partial charge is 0.384 e. The Balaban J connectivity index is 1.34. The maximum Gasteiger partial charge on any atom is 0.176 e. The molecule has 1 saturated carbocycles. The first kappa shape index (κ1) is 21.3. The summed E-state index contributed by atoms with van der Waals surface area (Å²) >= 11 is 0. The van der Waals surface area contributed by atoms with Gasteiger partial charge in [-0.3, -0.25) is 0 Å². The Hall–Kier alpha value is -3.23. The average Bonchev–Trinajstić information content (AvgIpc) is 3.43. The van der Waals surface area contributed by atoms with Gasteiger partial charge in [0.05, 0.1) is 10.9 Å². The Morgan fingerprint density at radius 1 is 1.06 bits per heavy atom. The molecule has 8 heteroatoms. The molecule has 6 rings (SSSR count). The number of aryl methyl sites for hydroxylation is 1. The van der Waals surface area contributed by atoms with Gasteiger partial charge in [0.15, 0.2) is 11.5 Å². The Morgan fingerprint density at radius 3 is 2.74 bits per heavy atom. The highest BCUT2D eigenvalue weighted by atomic mass is 16.8. The van der Waals surface area contributed by atoms with Gasteiger partial charge in [0.25, 0.3) is 0 Å². The summed E-state index contributed by atoms with van der Waals surface area (Å²) in [6.07, 6.45) is 7.09. The zero-order valence-corrected chi connectivity index (χ0v) is 19.8. The fourth-order valence-corrected chi connectivity index (χ4v) is 5.94. The standard InChI is InChI=1S/C26H30N6O2/c1-24(2)33-23-25(3,10-8-16-4-5-17-6-7-20(27)31-19(17)14-16)11-12-26(23,34-24)32-13-9-18-21(28)29-15-30-22(18)32/h4-7,9,13-15,23H,8,10-12H2,1-3H3,(H2,27,31)(H2,28,29,30)/t23-,25+,26-/m1/s1. The van der Waals surface area contributed by atoms with Gasteiger partial charge in [-0.2, -0.15) is 0 Å². The number of pyridine rings is 1. The lowest BCUT2D eigenvalue weighted by molar-refractivity contribution is -0.189. The van der Waals surface area contributed by atoms with Gasteiger partial charge >= 0.3 is 0 Å². The number of ether oxygens (including phenoxy) is 2. The van der Waals surface area contributed by atoms with Gasteiger partial charge < -0.3 is 25.5 Å². The van der Waals surface area contributed by atoms with E-state index in [1.165, 1.54) is 11.9 Å². The van der Waals surface area contributed by atoms with Crippen LogP contribution in [0.1, 0.15) is 45.6 Å². The second kappa shape index (κ2) is 7.13. The molecule has 3 aromatic heterocycles. The maximum atomic E-state index is 6.69. The molecule has 2 aliphatic rings. The van der Waals surface area contributed by atoms with E-state index < -0.39 is 11.5 Å². The van der Waals surface area contributed by atoms with Crippen LogP contribution >= 0.6 is 0 Å². The summed E-state index contributed by atoms with van der Waals surface area (Å²) in [5, 5.41) is 1.93. The fourth-order valence-electron chi connectivity index (χ4n) is 5.94. The SMILES string of the molecule is CC1(C)O[C@@H]2[C@@](C)(CCc3ccc4ccc(N)nc4c3)CC[C@@]2(n2ccc3c(N)ncnc32)O1. The van der Waals surface area contributed by atoms with Crippen molar-refractivity contribution in [1.82, 2.24) is 19.5 Å². The molecule has 0 bridgehead atoms. The normalized spacial score (nSPS) is 28.0. The Bertz CT molecular complexity index is 1420. The first-order valence-electron chi connectivity index (χ1n) is 11.8. The first-order valence-corrected chi connectivity index (χ1v) is 11.8. The number of nitrogens with two attached hydrogens (primary N) is 2. The Morgan fingerprint density at radius 2 is 1.88 bits per heavy atom. The minimum Gasteiger partial charge on any atom is -0.384 e. The molecular formula is C26H30N6O2. The predicted molar refractivity (Wildman–Crippen MR) is 132 cm³/mol. The second-order valence-electron chi connectivity index (χ2n) is 10.4. The van der Waals surface area contributed by atoms with Crippen LogP contribution in [0.5, 0.6) is 0 Å². The highest BCUT2D eigenvalue weighted by Crippen LogP contribution is 2.59. The van der Waals surface area contributed by atoms with E-state index in [-0.39, 0.29) is 11.5 Å². The Labute approximate surface area is 198 Å². The van der Waals surface area contributed by atoms with Gasteiger partial charge in [-0.1, -0.05) is 19.1 Å². The van der Waals surface area contributed by atoms with Gasteiger partial charge in [0.1, 0.15) is 29.7 Å². The van der Waals surface area contributed by atoms with E-state index in [2.05, 4.69) is 44.6 Å². The van der Waals surface area contributed by atoms with Crippen LogP contribution in [0.4, 0.5) is 11.6 Å². The number of anilines is 2. The van der Waals surface area contributed by atoms with Gasteiger partial charge in [-0.25, -0.2) is 15.0 Å². The van der Waals surface area contributed by atoms with Gasteiger partial charge in [0.2, 0.25) is 0 Å². The summed E-state index contributed by atoms with van der Waals surface area (Å²) in [6, 6.07) is 12.3.